The van der Waals surface area contributed by atoms with E-state index in [0.717, 1.165) is 12.3 Å². The molecule has 92 valence electrons. The molecule has 2 rings (SSSR count). The first-order valence-corrected chi connectivity index (χ1v) is 6.23. The van der Waals surface area contributed by atoms with Crippen LogP contribution < -0.4 is 0 Å². The molecule has 0 bridgehead atoms. The standard InChI is InChI=1S/C14H19NO2/c1-2-7-15-9-12(10-15)8-11-3-5-13(6-4-11)14(16)17/h3-6,12H,2,7-10H2,1H3,(H,16,17). The van der Waals surface area contributed by atoms with Crippen molar-refractivity contribution in [1.82, 2.24) is 4.90 Å². The second-order valence-electron chi connectivity index (χ2n) is 4.83. The number of rotatable bonds is 5. The highest BCUT2D eigenvalue weighted by molar-refractivity contribution is 5.87. The quantitative estimate of drug-likeness (QED) is 0.848. The maximum Gasteiger partial charge on any atom is 0.335 e. The molecular formula is C14H19NO2. The van der Waals surface area contributed by atoms with E-state index in [1.165, 1.54) is 31.6 Å². The third-order valence-electron chi connectivity index (χ3n) is 3.30. The van der Waals surface area contributed by atoms with Gasteiger partial charge >= 0.3 is 5.97 Å². The predicted octanol–water partition coefficient (Wildman–Crippen LogP) is 2.27. The Bertz CT molecular complexity index is 380. The minimum absolute atomic E-state index is 0.370. The lowest BCUT2D eigenvalue weighted by Gasteiger charge is -2.39. The van der Waals surface area contributed by atoms with Crippen LogP contribution in [-0.4, -0.2) is 35.6 Å². The van der Waals surface area contributed by atoms with Crippen LogP contribution in [0.3, 0.4) is 0 Å². The highest BCUT2D eigenvalue weighted by Crippen LogP contribution is 2.20. The van der Waals surface area contributed by atoms with Gasteiger partial charge in [-0.05, 0) is 43.0 Å². The molecule has 1 N–H and O–H groups in total. The number of benzene rings is 1. The maximum atomic E-state index is 10.7. The van der Waals surface area contributed by atoms with Gasteiger partial charge in [0.25, 0.3) is 0 Å². The zero-order chi connectivity index (χ0) is 12.3. The molecule has 0 radical (unpaired) electrons. The first-order chi connectivity index (χ1) is 8.19. The summed E-state index contributed by atoms with van der Waals surface area (Å²) in [6.07, 6.45) is 2.29. The van der Waals surface area contributed by atoms with Gasteiger partial charge in [0, 0.05) is 13.1 Å². The molecule has 1 fully saturated rings. The van der Waals surface area contributed by atoms with E-state index in [1.54, 1.807) is 12.1 Å². The van der Waals surface area contributed by atoms with Crippen LogP contribution >= 0.6 is 0 Å². The fourth-order valence-corrected chi connectivity index (χ4v) is 2.42. The largest absolute Gasteiger partial charge is 0.478 e. The Balaban J connectivity index is 1.82. The van der Waals surface area contributed by atoms with Crippen molar-refractivity contribution in [3.63, 3.8) is 0 Å². The molecule has 0 amide bonds. The summed E-state index contributed by atoms with van der Waals surface area (Å²) in [6.45, 7) is 5.79. The number of likely N-dealkylation sites (tertiary alicyclic amines) is 1. The van der Waals surface area contributed by atoms with Crippen LogP contribution in [0.2, 0.25) is 0 Å². The summed E-state index contributed by atoms with van der Waals surface area (Å²) in [4.78, 5) is 13.2. The van der Waals surface area contributed by atoms with Gasteiger partial charge in [-0.3, -0.25) is 0 Å². The van der Waals surface area contributed by atoms with Gasteiger partial charge in [0.05, 0.1) is 5.56 Å². The van der Waals surface area contributed by atoms with Crippen LogP contribution in [-0.2, 0) is 6.42 Å². The second kappa shape index (κ2) is 5.32. The maximum absolute atomic E-state index is 10.7. The van der Waals surface area contributed by atoms with E-state index >= 15 is 0 Å². The third kappa shape index (κ3) is 3.07. The van der Waals surface area contributed by atoms with Gasteiger partial charge in [0.15, 0.2) is 0 Å². The molecule has 17 heavy (non-hydrogen) atoms. The average molecular weight is 233 g/mol. The highest BCUT2D eigenvalue weighted by atomic mass is 16.4. The normalized spacial score (nSPS) is 16.8. The van der Waals surface area contributed by atoms with E-state index in [1.807, 2.05) is 12.1 Å². The van der Waals surface area contributed by atoms with Crippen molar-refractivity contribution >= 4 is 5.97 Å². The molecule has 1 saturated heterocycles. The van der Waals surface area contributed by atoms with E-state index in [4.69, 9.17) is 5.11 Å². The van der Waals surface area contributed by atoms with Crippen LogP contribution in [0.1, 0.15) is 29.3 Å². The monoisotopic (exact) mass is 233 g/mol. The number of aromatic carboxylic acids is 1. The number of hydrogen-bond acceptors (Lipinski definition) is 2. The molecule has 0 aliphatic carbocycles. The van der Waals surface area contributed by atoms with Gasteiger partial charge in [-0.2, -0.15) is 0 Å². The van der Waals surface area contributed by atoms with Crippen LogP contribution in [0.4, 0.5) is 0 Å². The van der Waals surface area contributed by atoms with Crippen molar-refractivity contribution in [1.29, 1.82) is 0 Å². The Morgan fingerprint density at radius 3 is 2.53 bits per heavy atom. The fraction of sp³-hybridized carbons (Fsp3) is 0.500. The zero-order valence-electron chi connectivity index (χ0n) is 10.2. The van der Waals surface area contributed by atoms with Crippen molar-refractivity contribution in [2.75, 3.05) is 19.6 Å². The Hall–Kier alpha value is -1.35. The lowest BCUT2D eigenvalue weighted by molar-refractivity contribution is 0.0697. The van der Waals surface area contributed by atoms with Crippen molar-refractivity contribution < 1.29 is 9.90 Å². The molecule has 0 spiro atoms. The van der Waals surface area contributed by atoms with Crippen molar-refractivity contribution in [3.8, 4) is 0 Å². The minimum atomic E-state index is -0.852. The van der Waals surface area contributed by atoms with Crippen LogP contribution in [0.5, 0.6) is 0 Å². The zero-order valence-corrected chi connectivity index (χ0v) is 10.2. The molecular weight excluding hydrogens is 214 g/mol. The summed E-state index contributed by atoms with van der Waals surface area (Å²) in [5, 5.41) is 8.80. The van der Waals surface area contributed by atoms with E-state index < -0.39 is 5.97 Å². The van der Waals surface area contributed by atoms with Crippen LogP contribution in [0.15, 0.2) is 24.3 Å². The average Bonchev–Trinajstić information content (AvgIpc) is 2.27. The number of carboxylic acids is 1. The summed E-state index contributed by atoms with van der Waals surface area (Å²) in [7, 11) is 0. The Labute approximate surface area is 102 Å². The molecule has 1 aromatic carbocycles. The minimum Gasteiger partial charge on any atom is -0.478 e. The number of carbonyl (C=O) groups is 1. The molecule has 1 aromatic rings. The van der Waals surface area contributed by atoms with Gasteiger partial charge in [0.1, 0.15) is 0 Å². The molecule has 0 unspecified atom stereocenters. The summed E-state index contributed by atoms with van der Waals surface area (Å²) in [5.74, 6) is -0.105. The Kier molecular flexibility index (Phi) is 3.79. The molecule has 3 nitrogen and oxygen atoms in total. The fourth-order valence-electron chi connectivity index (χ4n) is 2.42. The first-order valence-electron chi connectivity index (χ1n) is 6.23. The van der Waals surface area contributed by atoms with Gasteiger partial charge in [-0.15, -0.1) is 0 Å². The molecule has 0 atom stereocenters. The van der Waals surface area contributed by atoms with E-state index in [-0.39, 0.29) is 0 Å². The third-order valence-corrected chi connectivity index (χ3v) is 3.30. The second-order valence-corrected chi connectivity index (χ2v) is 4.83. The predicted molar refractivity (Wildman–Crippen MR) is 67.3 cm³/mol. The molecule has 3 heteroatoms. The topological polar surface area (TPSA) is 40.5 Å². The number of nitrogens with zero attached hydrogens (tertiary/aromatic N) is 1. The number of carboxylic acid groups (broad SMARTS) is 1. The first kappa shape index (κ1) is 12.1. The lowest BCUT2D eigenvalue weighted by Crippen LogP contribution is -2.47. The SMILES string of the molecule is CCCN1CC(Cc2ccc(C(=O)O)cc2)C1. The van der Waals surface area contributed by atoms with Crippen LogP contribution in [0, 0.1) is 5.92 Å². The van der Waals surface area contributed by atoms with Crippen molar-refractivity contribution in [2.45, 2.75) is 19.8 Å². The summed E-state index contributed by atoms with van der Waals surface area (Å²) in [6, 6.07) is 7.26. The van der Waals surface area contributed by atoms with Gasteiger partial charge in [-0.1, -0.05) is 19.1 Å². The summed E-state index contributed by atoms with van der Waals surface area (Å²) >= 11 is 0. The van der Waals surface area contributed by atoms with Gasteiger partial charge in [-0.25, -0.2) is 4.79 Å². The molecule has 0 aromatic heterocycles. The van der Waals surface area contributed by atoms with E-state index in [9.17, 15) is 4.79 Å². The van der Waals surface area contributed by atoms with E-state index in [0.29, 0.717) is 5.56 Å². The number of hydrogen-bond donors (Lipinski definition) is 1. The lowest BCUT2D eigenvalue weighted by atomic mass is 9.92. The molecule has 1 heterocycles. The summed E-state index contributed by atoms with van der Waals surface area (Å²) in [5.41, 5.74) is 1.62. The molecule has 1 aliphatic rings. The van der Waals surface area contributed by atoms with Gasteiger partial charge < -0.3 is 10.0 Å². The van der Waals surface area contributed by atoms with Crippen molar-refractivity contribution in [2.24, 2.45) is 5.92 Å². The Morgan fingerprint density at radius 2 is 2.00 bits per heavy atom. The van der Waals surface area contributed by atoms with Gasteiger partial charge in [0.2, 0.25) is 0 Å². The molecule has 1 aliphatic heterocycles. The summed E-state index contributed by atoms with van der Waals surface area (Å²) < 4.78 is 0. The highest BCUT2D eigenvalue weighted by Gasteiger charge is 2.25. The van der Waals surface area contributed by atoms with E-state index in [2.05, 4.69) is 11.8 Å². The van der Waals surface area contributed by atoms with Crippen molar-refractivity contribution in [3.05, 3.63) is 35.4 Å². The van der Waals surface area contributed by atoms with Crippen LogP contribution in [0.25, 0.3) is 0 Å². The Morgan fingerprint density at radius 1 is 1.35 bits per heavy atom. The molecule has 0 saturated carbocycles. The smallest absolute Gasteiger partial charge is 0.335 e.